The molecule has 0 saturated heterocycles. The van der Waals surface area contributed by atoms with Crippen molar-refractivity contribution in [2.75, 3.05) is 0 Å². The van der Waals surface area contributed by atoms with Gasteiger partial charge in [0.25, 0.3) is 0 Å². The van der Waals surface area contributed by atoms with Crippen LogP contribution in [0, 0.1) is 0 Å². The number of carbonyl (C=O) groups is 1. The van der Waals surface area contributed by atoms with E-state index in [1.54, 1.807) is 33.7 Å². The molecule has 4 aromatic rings. The molecule has 0 spiro atoms. The molecular weight excluding hydrogens is 304 g/mol. The van der Waals surface area contributed by atoms with Crippen LogP contribution in [-0.4, -0.2) is 30.2 Å². The first-order valence-corrected chi connectivity index (χ1v) is 7.48. The number of pyridine rings is 1. The number of imidazole rings is 1. The number of nitrogens with zero attached hydrogens (tertiary/aromatic N) is 4. The maximum Gasteiger partial charge on any atom is 0.339 e. The van der Waals surface area contributed by atoms with E-state index in [1.165, 1.54) is 0 Å². The lowest BCUT2D eigenvalue weighted by molar-refractivity contribution is 0.0698. The molecule has 0 aliphatic rings. The Labute approximate surface area is 137 Å². The van der Waals surface area contributed by atoms with Gasteiger partial charge in [-0.2, -0.15) is 5.10 Å². The molecule has 118 valence electrons. The van der Waals surface area contributed by atoms with Gasteiger partial charge in [0.05, 0.1) is 5.69 Å². The number of hydrogen-bond acceptors (Lipinski definition) is 3. The van der Waals surface area contributed by atoms with Crippen molar-refractivity contribution in [3.8, 4) is 5.69 Å². The summed E-state index contributed by atoms with van der Waals surface area (Å²) in [6.45, 7) is 0. The minimum atomic E-state index is -0.970. The quantitative estimate of drug-likeness (QED) is 0.628. The van der Waals surface area contributed by atoms with Crippen molar-refractivity contribution in [1.82, 2.24) is 19.2 Å². The lowest BCUT2D eigenvalue weighted by Gasteiger charge is -2.07. The first-order valence-electron chi connectivity index (χ1n) is 7.48. The third-order valence-electron chi connectivity index (χ3n) is 3.89. The predicted octanol–water partition coefficient (Wildman–Crippen LogP) is 2.81. The fourth-order valence-corrected chi connectivity index (χ4v) is 2.77. The second kappa shape index (κ2) is 5.66. The largest absolute Gasteiger partial charge is 0.478 e. The SMILES string of the molecule is O=C(O)c1cc(Cc2ccc(-n3cccn3)cc2)cn2ccnc12. The Hall–Kier alpha value is -3.41. The first kappa shape index (κ1) is 14.2. The highest BCUT2D eigenvalue weighted by atomic mass is 16.4. The van der Waals surface area contributed by atoms with Gasteiger partial charge in [-0.1, -0.05) is 12.1 Å². The van der Waals surface area contributed by atoms with Gasteiger partial charge in [-0.05, 0) is 41.8 Å². The predicted molar refractivity (Wildman–Crippen MR) is 88.5 cm³/mol. The van der Waals surface area contributed by atoms with Gasteiger partial charge in [-0.15, -0.1) is 0 Å². The van der Waals surface area contributed by atoms with Crippen LogP contribution >= 0.6 is 0 Å². The Bertz CT molecular complexity index is 1000. The number of carboxylic acids is 1. The molecule has 4 rings (SSSR count). The normalized spacial score (nSPS) is 11.0. The van der Waals surface area contributed by atoms with Crippen molar-refractivity contribution in [2.24, 2.45) is 0 Å². The van der Waals surface area contributed by atoms with Crippen molar-refractivity contribution in [3.05, 3.63) is 84.1 Å². The zero-order chi connectivity index (χ0) is 16.5. The van der Waals surface area contributed by atoms with Gasteiger partial charge >= 0.3 is 5.97 Å². The molecule has 0 bridgehead atoms. The molecule has 0 fully saturated rings. The van der Waals surface area contributed by atoms with Crippen LogP contribution in [0.3, 0.4) is 0 Å². The number of carboxylic acid groups (broad SMARTS) is 1. The smallest absolute Gasteiger partial charge is 0.339 e. The molecule has 3 heterocycles. The topological polar surface area (TPSA) is 72.4 Å². The van der Waals surface area contributed by atoms with E-state index in [1.807, 2.05) is 42.7 Å². The van der Waals surface area contributed by atoms with E-state index < -0.39 is 5.97 Å². The Balaban J connectivity index is 1.65. The highest BCUT2D eigenvalue weighted by Gasteiger charge is 2.12. The van der Waals surface area contributed by atoms with Crippen molar-refractivity contribution in [2.45, 2.75) is 6.42 Å². The average molecular weight is 318 g/mol. The number of aromatic nitrogens is 4. The fourth-order valence-electron chi connectivity index (χ4n) is 2.77. The van der Waals surface area contributed by atoms with Gasteiger partial charge in [0.1, 0.15) is 5.56 Å². The molecule has 3 aromatic heterocycles. The summed E-state index contributed by atoms with van der Waals surface area (Å²) in [5.41, 5.74) is 3.68. The van der Waals surface area contributed by atoms with E-state index in [2.05, 4.69) is 10.1 Å². The molecule has 0 saturated carbocycles. The number of benzene rings is 1. The number of hydrogen-bond donors (Lipinski definition) is 1. The van der Waals surface area contributed by atoms with Crippen molar-refractivity contribution in [3.63, 3.8) is 0 Å². The molecule has 0 aliphatic carbocycles. The summed E-state index contributed by atoms with van der Waals surface area (Å²) < 4.78 is 3.54. The third-order valence-corrected chi connectivity index (χ3v) is 3.89. The van der Waals surface area contributed by atoms with Gasteiger partial charge in [0.2, 0.25) is 0 Å². The van der Waals surface area contributed by atoms with Crippen LogP contribution in [0.2, 0.25) is 0 Å². The van der Waals surface area contributed by atoms with Crippen molar-refractivity contribution < 1.29 is 9.90 Å². The van der Waals surface area contributed by atoms with Crippen LogP contribution < -0.4 is 0 Å². The average Bonchev–Trinajstić information content (AvgIpc) is 3.26. The van der Waals surface area contributed by atoms with Crippen molar-refractivity contribution >= 4 is 11.6 Å². The maximum absolute atomic E-state index is 11.4. The van der Waals surface area contributed by atoms with Crippen LogP contribution in [0.1, 0.15) is 21.5 Å². The molecule has 0 radical (unpaired) electrons. The monoisotopic (exact) mass is 318 g/mol. The van der Waals surface area contributed by atoms with Crippen LogP contribution in [-0.2, 0) is 6.42 Å². The van der Waals surface area contributed by atoms with Crippen molar-refractivity contribution in [1.29, 1.82) is 0 Å². The van der Waals surface area contributed by atoms with Gasteiger partial charge in [0.15, 0.2) is 5.65 Å². The molecule has 6 heteroatoms. The number of aromatic carboxylic acids is 1. The summed E-state index contributed by atoms with van der Waals surface area (Å²) >= 11 is 0. The summed E-state index contributed by atoms with van der Waals surface area (Å²) in [6, 6.07) is 11.6. The van der Waals surface area contributed by atoms with Crippen LogP contribution in [0.15, 0.2) is 67.4 Å². The Morgan fingerprint density at radius 3 is 2.62 bits per heavy atom. The second-order valence-electron chi connectivity index (χ2n) is 5.52. The van der Waals surface area contributed by atoms with Gasteiger partial charge in [-0.25, -0.2) is 14.5 Å². The number of rotatable bonds is 4. The summed E-state index contributed by atoms with van der Waals surface area (Å²) in [5.74, 6) is -0.970. The van der Waals surface area contributed by atoms with Crippen LogP contribution in [0.4, 0.5) is 0 Å². The number of fused-ring (bicyclic) bond motifs is 1. The standard InChI is InChI=1S/C18H14N4O2/c23-18(24)16-11-14(12-21-9-7-19-17(16)21)10-13-2-4-15(5-3-13)22-8-1-6-20-22/h1-9,11-12H,10H2,(H,23,24). The lowest BCUT2D eigenvalue weighted by Crippen LogP contribution is -2.03. The second-order valence-corrected chi connectivity index (χ2v) is 5.52. The molecule has 0 amide bonds. The first-order chi connectivity index (χ1) is 11.7. The fraction of sp³-hybridized carbons (Fsp3) is 0.0556. The zero-order valence-corrected chi connectivity index (χ0v) is 12.7. The Morgan fingerprint density at radius 1 is 1.08 bits per heavy atom. The van der Waals surface area contributed by atoms with E-state index in [0.717, 1.165) is 16.8 Å². The molecule has 1 aromatic carbocycles. The van der Waals surface area contributed by atoms with E-state index in [0.29, 0.717) is 12.1 Å². The minimum Gasteiger partial charge on any atom is -0.478 e. The summed E-state index contributed by atoms with van der Waals surface area (Å²) in [6.07, 6.45) is 9.54. The molecule has 1 N–H and O–H groups in total. The van der Waals surface area contributed by atoms with E-state index >= 15 is 0 Å². The third kappa shape index (κ3) is 2.54. The molecular formula is C18H14N4O2. The van der Waals surface area contributed by atoms with Gasteiger partial charge in [0, 0.05) is 31.0 Å². The van der Waals surface area contributed by atoms with Crippen LogP contribution in [0.25, 0.3) is 11.3 Å². The van der Waals surface area contributed by atoms with E-state index in [9.17, 15) is 9.90 Å². The molecule has 0 unspecified atom stereocenters. The zero-order valence-electron chi connectivity index (χ0n) is 12.7. The van der Waals surface area contributed by atoms with E-state index in [4.69, 9.17) is 0 Å². The summed E-state index contributed by atoms with van der Waals surface area (Å²) in [7, 11) is 0. The molecule has 0 aliphatic heterocycles. The summed E-state index contributed by atoms with van der Waals surface area (Å²) in [4.78, 5) is 15.5. The Kier molecular flexibility index (Phi) is 3.35. The lowest BCUT2D eigenvalue weighted by atomic mass is 10.0. The Morgan fingerprint density at radius 2 is 1.92 bits per heavy atom. The van der Waals surface area contributed by atoms with E-state index in [-0.39, 0.29) is 5.56 Å². The molecule has 6 nitrogen and oxygen atoms in total. The minimum absolute atomic E-state index is 0.214. The highest BCUT2D eigenvalue weighted by Crippen LogP contribution is 2.17. The summed E-state index contributed by atoms with van der Waals surface area (Å²) in [5, 5.41) is 13.6. The van der Waals surface area contributed by atoms with Crippen LogP contribution in [0.5, 0.6) is 0 Å². The highest BCUT2D eigenvalue weighted by molar-refractivity contribution is 5.94. The molecule has 24 heavy (non-hydrogen) atoms. The van der Waals surface area contributed by atoms with Gasteiger partial charge < -0.3 is 9.51 Å². The van der Waals surface area contributed by atoms with Gasteiger partial charge in [-0.3, -0.25) is 0 Å². The maximum atomic E-state index is 11.4. The molecule has 0 atom stereocenters.